The fraction of sp³-hybridized carbons (Fsp3) is 0.400. The number of likely N-dealkylation sites (tertiary alicyclic amines) is 1. The second-order valence-electron chi connectivity index (χ2n) is 13.4. The molecular formula is C35H35F6N5O5S. The number of aliphatic carboxylic acids is 1. The van der Waals surface area contributed by atoms with E-state index >= 15 is 0 Å². The van der Waals surface area contributed by atoms with Crippen molar-refractivity contribution in [1.29, 1.82) is 0 Å². The summed E-state index contributed by atoms with van der Waals surface area (Å²) in [6, 6.07) is 11.3. The zero-order chi connectivity index (χ0) is 37.9. The van der Waals surface area contributed by atoms with Crippen molar-refractivity contribution in [2.45, 2.75) is 55.1 Å². The summed E-state index contributed by atoms with van der Waals surface area (Å²) in [4.78, 5) is 32.4. The van der Waals surface area contributed by atoms with Gasteiger partial charge in [0.05, 0.1) is 51.2 Å². The van der Waals surface area contributed by atoms with E-state index in [1.165, 1.54) is 48.3 Å². The van der Waals surface area contributed by atoms with E-state index in [0.29, 0.717) is 23.0 Å². The Balaban J connectivity index is 1.30. The molecular weight excluding hydrogens is 716 g/mol. The molecule has 278 valence electrons. The fourth-order valence-corrected chi connectivity index (χ4v) is 8.51. The molecule has 4 atom stereocenters. The molecule has 10 nitrogen and oxygen atoms in total. The minimum absolute atomic E-state index is 0.00788. The van der Waals surface area contributed by atoms with Crippen LogP contribution < -0.4 is 9.62 Å². The summed E-state index contributed by atoms with van der Waals surface area (Å²) in [6.45, 7) is 1.16. The van der Waals surface area contributed by atoms with E-state index in [1.54, 1.807) is 13.0 Å². The Morgan fingerprint density at radius 2 is 1.73 bits per heavy atom. The topological polar surface area (TPSA) is 125 Å². The molecule has 0 radical (unpaired) electrons. The molecule has 2 aliphatic rings. The molecule has 2 fully saturated rings. The second-order valence-corrected chi connectivity index (χ2v) is 15.4. The number of hydrogen-bond donors (Lipinski definition) is 2. The van der Waals surface area contributed by atoms with Crippen LogP contribution in [0.5, 0.6) is 0 Å². The van der Waals surface area contributed by atoms with Crippen LogP contribution >= 0.6 is 0 Å². The molecule has 1 saturated heterocycles. The molecule has 1 amide bonds. The minimum Gasteiger partial charge on any atom is -0.481 e. The number of halogens is 6. The largest absolute Gasteiger partial charge is 0.481 e. The Morgan fingerprint density at radius 3 is 2.33 bits per heavy atom. The van der Waals surface area contributed by atoms with Gasteiger partial charge in [0, 0.05) is 33.1 Å². The molecule has 2 N–H and O–H groups in total. The van der Waals surface area contributed by atoms with Crippen LogP contribution in [0.4, 0.5) is 37.7 Å². The number of aromatic nitrogens is 2. The molecule has 0 bridgehead atoms. The molecule has 6 rings (SSSR count). The van der Waals surface area contributed by atoms with E-state index in [2.05, 4.69) is 10.3 Å². The first-order valence-corrected chi connectivity index (χ1v) is 17.7. The van der Waals surface area contributed by atoms with E-state index in [-0.39, 0.29) is 36.0 Å². The summed E-state index contributed by atoms with van der Waals surface area (Å²) < 4.78 is 113. The van der Waals surface area contributed by atoms with Crippen molar-refractivity contribution in [2.24, 2.45) is 18.9 Å². The Morgan fingerprint density at radius 1 is 1.04 bits per heavy atom. The van der Waals surface area contributed by atoms with E-state index < -0.39 is 87.8 Å². The number of rotatable bonds is 8. The highest BCUT2D eigenvalue weighted by molar-refractivity contribution is 7.92. The highest BCUT2D eigenvalue weighted by Gasteiger charge is 2.50. The molecule has 1 aliphatic carbocycles. The Kier molecular flexibility index (Phi) is 9.57. The highest BCUT2D eigenvalue weighted by Crippen LogP contribution is 2.46. The first-order valence-electron chi connectivity index (χ1n) is 16.3. The molecule has 2 heterocycles. The average molecular weight is 752 g/mol. The molecule has 17 heteroatoms. The van der Waals surface area contributed by atoms with Crippen molar-refractivity contribution in [3.63, 3.8) is 0 Å². The maximum Gasteiger partial charge on any atom is 0.416 e. The number of amides is 1. The van der Waals surface area contributed by atoms with Gasteiger partial charge in [0.2, 0.25) is 5.91 Å². The van der Waals surface area contributed by atoms with Crippen LogP contribution in [0.2, 0.25) is 0 Å². The van der Waals surface area contributed by atoms with Crippen molar-refractivity contribution in [3.05, 3.63) is 83.4 Å². The van der Waals surface area contributed by atoms with E-state index in [9.17, 15) is 49.5 Å². The Hall–Kier alpha value is -4.64. The van der Waals surface area contributed by atoms with Crippen molar-refractivity contribution in [3.8, 4) is 0 Å². The van der Waals surface area contributed by atoms with Crippen LogP contribution in [0, 0.1) is 24.6 Å². The first kappa shape index (κ1) is 37.1. The smallest absolute Gasteiger partial charge is 0.416 e. The number of anilines is 2. The number of nitrogens with zero attached hydrogens (tertiary/aromatic N) is 4. The molecule has 0 spiro atoms. The van der Waals surface area contributed by atoms with Gasteiger partial charge in [-0.2, -0.15) is 13.2 Å². The lowest BCUT2D eigenvalue weighted by Gasteiger charge is -2.42. The number of imidazole rings is 1. The molecule has 3 aromatic carbocycles. The van der Waals surface area contributed by atoms with E-state index in [1.807, 2.05) is 11.6 Å². The van der Waals surface area contributed by atoms with Crippen LogP contribution in [-0.4, -0.2) is 72.0 Å². The van der Waals surface area contributed by atoms with Crippen LogP contribution in [0.15, 0.2) is 65.6 Å². The highest BCUT2D eigenvalue weighted by atomic mass is 32.2. The monoisotopic (exact) mass is 751 g/mol. The van der Waals surface area contributed by atoms with Crippen molar-refractivity contribution in [2.75, 3.05) is 29.8 Å². The van der Waals surface area contributed by atoms with Crippen LogP contribution in [0.3, 0.4) is 0 Å². The lowest BCUT2D eigenvalue weighted by atomic mass is 9.66. The first-order chi connectivity index (χ1) is 24.3. The lowest BCUT2D eigenvalue weighted by Crippen LogP contribution is -2.49. The molecule has 4 aromatic rings. The number of hydrogen-bond acceptors (Lipinski definition) is 6. The maximum absolute atomic E-state index is 14.7. The van der Waals surface area contributed by atoms with E-state index in [4.69, 9.17) is 0 Å². The van der Waals surface area contributed by atoms with Gasteiger partial charge < -0.3 is 15.0 Å². The maximum atomic E-state index is 14.7. The number of benzene rings is 3. The SMILES string of the molecule is Cc1nc2cc(S(=O)(=O)N(C)c3ccc([C@H]4C[C@@H](N5CCC(F)(F)C5)C[C@@H](C(=O)Nc5ccc(C(F)(F)F)cc5F)[C@@H]4C(=O)O)cc3)ccc2n1C. The minimum atomic E-state index is -4.85. The summed E-state index contributed by atoms with van der Waals surface area (Å²) in [6.07, 6.45) is -5.41. The number of aryl methyl sites for hydroxylation is 2. The van der Waals surface area contributed by atoms with Crippen LogP contribution in [0.25, 0.3) is 11.0 Å². The average Bonchev–Trinajstić information content (AvgIpc) is 3.60. The summed E-state index contributed by atoms with van der Waals surface area (Å²) in [5.74, 6) is -9.86. The van der Waals surface area contributed by atoms with Gasteiger partial charge in [0.15, 0.2) is 0 Å². The fourth-order valence-electron chi connectivity index (χ4n) is 7.29. The molecule has 52 heavy (non-hydrogen) atoms. The zero-order valence-corrected chi connectivity index (χ0v) is 29.0. The number of carbonyl (C=O) groups excluding carboxylic acids is 1. The lowest BCUT2D eigenvalue weighted by molar-refractivity contribution is -0.150. The Bertz CT molecular complexity index is 2140. The number of carboxylic acids is 1. The van der Waals surface area contributed by atoms with Gasteiger partial charge in [-0.25, -0.2) is 26.6 Å². The predicted octanol–water partition coefficient (Wildman–Crippen LogP) is 6.41. The predicted molar refractivity (Wildman–Crippen MR) is 179 cm³/mol. The summed E-state index contributed by atoms with van der Waals surface area (Å²) in [5, 5.41) is 12.7. The van der Waals surface area contributed by atoms with E-state index in [0.717, 1.165) is 15.9 Å². The third-order valence-corrected chi connectivity index (χ3v) is 12.0. The molecule has 1 aromatic heterocycles. The number of alkyl halides is 5. The third-order valence-electron chi connectivity index (χ3n) is 10.2. The summed E-state index contributed by atoms with van der Waals surface area (Å²) in [7, 11) is -0.918. The van der Waals surface area contributed by atoms with Crippen LogP contribution in [-0.2, 0) is 32.8 Å². The normalized spacial score (nSPS) is 22.4. The molecule has 0 unspecified atom stereocenters. The van der Waals surface area contributed by atoms with Gasteiger partial charge in [0.1, 0.15) is 11.6 Å². The van der Waals surface area contributed by atoms with Gasteiger partial charge in [0.25, 0.3) is 15.9 Å². The standard InChI is InChI=1S/C35H35F6N5O5S/c1-19-42-29-17-24(9-11-30(29)44(19)2)52(50,51)45(3)22-7-4-20(5-8-22)25-15-23(46-13-12-34(37,38)18-46)16-26(31(25)33(48)49)32(47)43-28-10-6-21(14-27(28)36)35(39,40)41/h4-11,14,17,23,25-26,31H,12-13,15-16,18H2,1-3H3,(H,43,47)(H,48,49)/t23-,25-,26-,31-/m1/s1. The van der Waals surface area contributed by atoms with Gasteiger partial charge in [-0.15, -0.1) is 0 Å². The Labute approximate surface area is 295 Å². The van der Waals surface area contributed by atoms with Gasteiger partial charge >= 0.3 is 12.1 Å². The quantitative estimate of drug-likeness (QED) is 0.200. The third kappa shape index (κ3) is 7.07. The number of sulfonamides is 1. The van der Waals surface area contributed by atoms with Gasteiger partial charge in [-0.3, -0.25) is 18.8 Å². The van der Waals surface area contributed by atoms with Crippen LogP contribution in [0.1, 0.15) is 42.1 Å². The number of carboxylic acid groups (broad SMARTS) is 1. The number of fused-ring (bicyclic) bond motifs is 1. The number of carbonyl (C=O) groups is 2. The zero-order valence-electron chi connectivity index (χ0n) is 28.2. The van der Waals surface area contributed by atoms with Gasteiger partial charge in [-0.1, -0.05) is 12.1 Å². The second kappa shape index (κ2) is 13.4. The summed E-state index contributed by atoms with van der Waals surface area (Å²) >= 11 is 0. The summed E-state index contributed by atoms with van der Waals surface area (Å²) in [5.41, 5.74) is -0.0268. The van der Waals surface area contributed by atoms with Gasteiger partial charge in [-0.05, 0) is 79.8 Å². The molecule has 1 saturated carbocycles. The number of nitrogens with one attached hydrogen (secondary N) is 1. The van der Waals surface area contributed by atoms with Crippen molar-refractivity contribution >= 4 is 44.3 Å². The van der Waals surface area contributed by atoms with Crippen molar-refractivity contribution in [1.82, 2.24) is 14.5 Å². The molecule has 1 aliphatic heterocycles. The van der Waals surface area contributed by atoms with Crippen molar-refractivity contribution < 1.29 is 49.5 Å².